The Morgan fingerprint density at radius 1 is 1.04 bits per heavy atom. The molecule has 4 N–H and O–H groups in total. The molecule has 8 nitrogen and oxygen atoms in total. The Bertz CT molecular complexity index is 693. The fourth-order valence-electron chi connectivity index (χ4n) is 2.25. The minimum absolute atomic E-state index is 0.0780. The van der Waals surface area contributed by atoms with Crippen molar-refractivity contribution in [2.45, 2.75) is 32.7 Å². The lowest BCUT2D eigenvalue weighted by Gasteiger charge is -2.16. The summed E-state index contributed by atoms with van der Waals surface area (Å²) in [6.07, 6.45) is 0.187. The third-order valence-corrected chi connectivity index (χ3v) is 3.49. The van der Waals surface area contributed by atoms with Crippen LogP contribution < -0.4 is 16.0 Å². The summed E-state index contributed by atoms with van der Waals surface area (Å²) < 4.78 is 13.0. The van der Waals surface area contributed by atoms with E-state index in [-0.39, 0.29) is 25.3 Å². The summed E-state index contributed by atoms with van der Waals surface area (Å²) in [5, 5.41) is 16.0. The normalized spacial score (nSPS) is 11.6. The number of aliphatic carboxylic acids is 1. The van der Waals surface area contributed by atoms with Crippen LogP contribution in [0.4, 0.5) is 4.39 Å². The molecule has 0 heterocycles. The Morgan fingerprint density at radius 3 is 2.26 bits per heavy atom. The van der Waals surface area contributed by atoms with Crippen LogP contribution in [-0.2, 0) is 25.6 Å². The molecule has 0 aromatic heterocycles. The highest BCUT2D eigenvalue weighted by Gasteiger charge is 2.21. The monoisotopic (exact) mass is 381 g/mol. The molecular weight excluding hydrogens is 357 g/mol. The van der Waals surface area contributed by atoms with Gasteiger partial charge in [0, 0.05) is 0 Å². The minimum atomic E-state index is -1.15. The first-order chi connectivity index (χ1) is 12.7. The minimum Gasteiger partial charge on any atom is -0.480 e. The summed E-state index contributed by atoms with van der Waals surface area (Å²) in [6, 6.07) is 4.52. The third kappa shape index (κ3) is 9.34. The Morgan fingerprint density at radius 2 is 1.67 bits per heavy atom. The predicted octanol–water partition coefficient (Wildman–Crippen LogP) is 0.216. The highest BCUT2D eigenvalue weighted by Crippen LogP contribution is 2.05. The van der Waals surface area contributed by atoms with Crippen LogP contribution in [0.5, 0.6) is 0 Å². The number of amides is 3. The van der Waals surface area contributed by atoms with Crippen LogP contribution in [0.25, 0.3) is 0 Å². The quantitative estimate of drug-likeness (QED) is 0.461. The molecule has 1 rings (SSSR count). The molecular formula is C18H24FN3O5. The molecule has 0 saturated carbocycles. The van der Waals surface area contributed by atoms with Crippen LogP contribution in [0, 0.1) is 11.7 Å². The van der Waals surface area contributed by atoms with Crippen molar-refractivity contribution in [3.63, 3.8) is 0 Å². The fourth-order valence-corrected chi connectivity index (χ4v) is 2.25. The summed E-state index contributed by atoms with van der Waals surface area (Å²) in [5.74, 6) is -3.23. The maximum Gasteiger partial charge on any atom is 0.326 e. The van der Waals surface area contributed by atoms with Gasteiger partial charge in [-0.2, -0.15) is 0 Å². The zero-order valence-electron chi connectivity index (χ0n) is 15.3. The van der Waals surface area contributed by atoms with E-state index >= 15 is 0 Å². The van der Waals surface area contributed by atoms with Crippen molar-refractivity contribution < 1.29 is 28.7 Å². The summed E-state index contributed by atoms with van der Waals surface area (Å²) in [4.78, 5) is 46.2. The summed E-state index contributed by atoms with van der Waals surface area (Å²) in [7, 11) is 0. The molecule has 9 heteroatoms. The van der Waals surface area contributed by atoms with Gasteiger partial charge in [-0.25, -0.2) is 9.18 Å². The van der Waals surface area contributed by atoms with Gasteiger partial charge in [0.25, 0.3) is 0 Å². The van der Waals surface area contributed by atoms with Gasteiger partial charge in [0.2, 0.25) is 17.7 Å². The number of carboxylic acids is 1. The first-order valence-electron chi connectivity index (χ1n) is 8.47. The van der Waals surface area contributed by atoms with Gasteiger partial charge in [-0.3, -0.25) is 14.4 Å². The molecule has 3 amide bonds. The number of hydrogen-bond donors (Lipinski definition) is 4. The number of benzene rings is 1. The molecule has 0 saturated heterocycles. The van der Waals surface area contributed by atoms with E-state index in [9.17, 15) is 23.6 Å². The lowest BCUT2D eigenvalue weighted by atomic mass is 10.0. The molecule has 0 unspecified atom stereocenters. The van der Waals surface area contributed by atoms with E-state index in [0.29, 0.717) is 5.56 Å². The van der Waals surface area contributed by atoms with Gasteiger partial charge >= 0.3 is 5.97 Å². The first kappa shape index (κ1) is 22.1. The summed E-state index contributed by atoms with van der Waals surface area (Å²) in [5.41, 5.74) is 0.470. The fraction of sp³-hybridized carbons (Fsp3) is 0.444. The van der Waals surface area contributed by atoms with Crippen molar-refractivity contribution in [3.05, 3.63) is 35.6 Å². The van der Waals surface area contributed by atoms with Gasteiger partial charge in [-0.15, -0.1) is 0 Å². The van der Waals surface area contributed by atoms with Crippen LogP contribution >= 0.6 is 0 Å². The zero-order chi connectivity index (χ0) is 20.4. The molecule has 0 spiro atoms. The number of rotatable bonds is 10. The zero-order valence-corrected chi connectivity index (χ0v) is 15.3. The molecule has 0 bridgehead atoms. The summed E-state index contributed by atoms with van der Waals surface area (Å²) >= 11 is 0. The van der Waals surface area contributed by atoms with Crippen molar-refractivity contribution in [1.29, 1.82) is 0 Å². The number of carboxylic acid groups (broad SMARTS) is 1. The van der Waals surface area contributed by atoms with Crippen LogP contribution in [0.3, 0.4) is 0 Å². The number of halogens is 1. The highest BCUT2D eigenvalue weighted by molar-refractivity contribution is 5.90. The first-order valence-corrected chi connectivity index (χ1v) is 8.47. The van der Waals surface area contributed by atoms with Crippen molar-refractivity contribution in [3.8, 4) is 0 Å². The third-order valence-electron chi connectivity index (χ3n) is 3.49. The van der Waals surface area contributed by atoms with E-state index in [2.05, 4.69) is 16.0 Å². The molecule has 27 heavy (non-hydrogen) atoms. The molecule has 1 aromatic carbocycles. The number of hydrogen-bond acceptors (Lipinski definition) is 4. The van der Waals surface area contributed by atoms with Gasteiger partial charge in [0.05, 0.1) is 19.5 Å². The SMILES string of the molecule is CC(C)C[C@H](NC(=O)CNC(=O)CNC(=O)Cc1cccc(F)c1)C(=O)O. The number of carbonyl (C=O) groups is 4. The van der Waals surface area contributed by atoms with Gasteiger partial charge in [0.1, 0.15) is 11.9 Å². The number of carbonyl (C=O) groups excluding carboxylic acids is 3. The Labute approximate surface area is 156 Å². The maximum absolute atomic E-state index is 13.0. The van der Waals surface area contributed by atoms with Gasteiger partial charge in [-0.05, 0) is 30.0 Å². The van der Waals surface area contributed by atoms with E-state index in [4.69, 9.17) is 5.11 Å². The van der Waals surface area contributed by atoms with Crippen molar-refractivity contribution in [2.75, 3.05) is 13.1 Å². The molecule has 0 radical (unpaired) electrons. The standard InChI is InChI=1S/C18H24FN3O5/c1-11(2)6-14(18(26)27)22-17(25)10-21-16(24)9-20-15(23)8-12-4-3-5-13(19)7-12/h3-5,7,11,14H,6,8-10H2,1-2H3,(H,20,23)(H,21,24)(H,22,25)(H,26,27)/t14-/m0/s1. The second kappa shape index (κ2) is 10.9. The largest absolute Gasteiger partial charge is 0.480 e. The second-order valence-corrected chi connectivity index (χ2v) is 6.45. The summed E-state index contributed by atoms with van der Waals surface area (Å²) in [6.45, 7) is 2.91. The van der Waals surface area contributed by atoms with Crippen LogP contribution in [-0.4, -0.2) is 47.9 Å². The smallest absolute Gasteiger partial charge is 0.326 e. The average Bonchev–Trinajstić information content (AvgIpc) is 2.57. The molecule has 1 atom stereocenters. The molecule has 0 aliphatic heterocycles. The van der Waals surface area contributed by atoms with E-state index < -0.39 is 42.1 Å². The Hall–Kier alpha value is -2.97. The molecule has 0 fully saturated rings. The van der Waals surface area contributed by atoms with Crippen molar-refractivity contribution in [2.24, 2.45) is 5.92 Å². The van der Waals surface area contributed by atoms with Gasteiger partial charge in [0.15, 0.2) is 0 Å². The van der Waals surface area contributed by atoms with Gasteiger partial charge < -0.3 is 21.1 Å². The Balaban J connectivity index is 2.32. The van der Waals surface area contributed by atoms with Crippen LogP contribution in [0.1, 0.15) is 25.8 Å². The highest BCUT2D eigenvalue weighted by atomic mass is 19.1. The topological polar surface area (TPSA) is 125 Å². The number of nitrogens with one attached hydrogen (secondary N) is 3. The molecule has 1 aromatic rings. The average molecular weight is 381 g/mol. The molecule has 0 aliphatic carbocycles. The molecule has 148 valence electrons. The van der Waals surface area contributed by atoms with E-state index in [0.717, 1.165) is 0 Å². The van der Waals surface area contributed by atoms with Crippen molar-refractivity contribution in [1.82, 2.24) is 16.0 Å². The second-order valence-electron chi connectivity index (χ2n) is 6.45. The lowest BCUT2D eigenvalue weighted by molar-refractivity contribution is -0.142. The van der Waals surface area contributed by atoms with Crippen LogP contribution in [0.15, 0.2) is 24.3 Å². The van der Waals surface area contributed by atoms with E-state index in [1.165, 1.54) is 18.2 Å². The predicted molar refractivity (Wildman–Crippen MR) is 95.1 cm³/mol. The maximum atomic E-state index is 13.0. The van der Waals surface area contributed by atoms with E-state index in [1.807, 2.05) is 13.8 Å². The molecule has 0 aliphatic rings. The Kier molecular flexibility index (Phi) is 8.91. The van der Waals surface area contributed by atoms with Crippen LogP contribution in [0.2, 0.25) is 0 Å². The van der Waals surface area contributed by atoms with Gasteiger partial charge in [-0.1, -0.05) is 26.0 Å². The van der Waals surface area contributed by atoms with E-state index in [1.54, 1.807) is 6.07 Å². The lowest BCUT2D eigenvalue weighted by Crippen LogP contribution is -2.47. The van der Waals surface area contributed by atoms with Crippen molar-refractivity contribution >= 4 is 23.7 Å².